The monoisotopic (exact) mass is 512 g/mol. The van der Waals surface area contributed by atoms with Gasteiger partial charge in [-0.05, 0) is 66.3 Å². The van der Waals surface area contributed by atoms with Crippen LogP contribution in [0, 0.1) is 5.92 Å². The number of aromatic amines is 1. The van der Waals surface area contributed by atoms with Gasteiger partial charge in [0.2, 0.25) is 11.1 Å². The molecule has 0 spiro atoms. The fraction of sp³-hybridized carbons (Fsp3) is 0.250. The minimum Gasteiger partial charge on any atom is -0.368 e. The summed E-state index contributed by atoms with van der Waals surface area (Å²) in [5.41, 5.74) is 9.74. The maximum atomic E-state index is 13.4. The summed E-state index contributed by atoms with van der Waals surface area (Å²) in [7, 11) is 0. The van der Waals surface area contributed by atoms with E-state index in [1.165, 1.54) is 11.8 Å². The summed E-state index contributed by atoms with van der Waals surface area (Å²) in [5.74, 6) is 0.362. The van der Waals surface area contributed by atoms with Crippen molar-refractivity contribution in [3.05, 3.63) is 75.3 Å². The van der Waals surface area contributed by atoms with Gasteiger partial charge in [0.05, 0.1) is 17.5 Å². The second kappa shape index (κ2) is 9.82. The molecule has 10 heteroatoms. The average molecular weight is 513 g/mol. The Hall–Kier alpha value is -2.81. The third-order valence-electron chi connectivity index (χ3n) is 5.97. The molecule has 34 heavy (non-hydrogen) atoms. The number of hydrazone groups is 1. The lowest BCUT2D eigenvalue weighted by molar-refractivity contribution is -0.130. The Balaban J connectivity index is 1.47. The number of hydrogen-bond donors (Lipinski definition) is 2. The number of allylic oxidation sites excluding steroid dienone is 1. The molecule has 5 rings (SSSR count). The number of hydrogen-bond acceptors (Lipinski definition) is 6. The van der Waals surface area contributed by atoms with E-state index in [0.717, 1.165) is 41.7 Å². The molecule has 3 N–H and O–H groups in total. The highest BCUT2D eigenvalue weighted by atomic mass is 35.5. The van der Waals surface area contributed by atoms with Crippen molar-refractivity contribution in [3.8, 4) is 0 Å². The predicted octanol–water partition coefficient (Wildman–Crippen LogP) is 5.61. The minimum absolute atomic E-state index is 0.105. The highest BCUT2D eigenvalue weighted by molar-refractivity contribution is 7.99. The summed E-state index contributed by atoms with van der Waals surface area (Å²) in [5, 5.41) is 14.9. The molecule has 1 amide bonds. The Bertz CT molecular complexity index is 1270. The molecule has 1 saturated carbocycles. The number of nitrogens with two attached hydrogens (primary N) is 1. The van der Waals surface area contributed by atoms with Crippen molar-refractivity contribution >= 4 is 58.6 Å². The summed E-state index contributed by atoms with van der Waals surface area (Å²) in [6.07, 6.45) is 5.01. The van der Waals surface area contributed by atoms with E-state index in [2.05, 4.69) is 21.3 Å². The second-order valence-electron chi connectivity index (χ2n) is 8.24. The Morgan fingerprint density at radius 3 is 2.76 bits per heavy atom. The summed E-state index contributed by atoms with van der Waals surface area (Å²) in [6, 6.07) is 15.2. The van der Waals surface area contributed by atoms with Gasteiger partial charge in [0, 0.05) is 16.0 Å². The highest BCUT2D eigenvalue weighted by Gasteiger charge is 2.43. The number of amides is 1. The first-order chi connectivity index (χ1) is 16.5. The summed E-state index contributed by atoms with van der Waals surface area (Å²) >= 11 is 13.6. The zero-order valence-electron chi connectivity index (χ0n) is 18.1. The lowest BCUT2D eigenvalue weighted by Crippen LogP contribution is -2.32. The molecule has 1 fully saturated rings. The quantitative estimate of drug-likeness (QED) is 0.432. The molecular weight excluding hydrogens is 491 g/mol. The number of H-pyrrole nitrogens is 1. The van der Waals surface area contributed by atoms with Crippen LogP contribution in [0.25, 0.3) is 6.08 Å². The van der Waals surface area contributed by atoms with Crippen molar-refractivity contribution in [2.75, 3.05) is 11.5 Å². The largest absolute Gasteiger partial charge is 0.368 e. The fourth-order valence-electron chi connectivity index (χ4n) is 4.51. The maximum absolute atomic E-state index is 13.4. The standard InChI is InChI=1S/C24H22Cl2N6OS/c25-17-9-7-15(8-10-17)22-19-6-2-4-16(11-14-3-1-5-18(26)12-14)21(19)31-32(22)20(33)13-34-24-28-23(27)29-30-24/h1,3,5,7-12,19,22H,2,4,6,13H2,(H3,27,28,29,30). The number of halogens is 2. The third kappa shape index (κ3) is 4.85. The number of thioether (sulfide) groups is 1. The number of benzene rings is 2. The first kappa shape index (κ1) is 23.0. The third-order valence-corrected chi connectivity index (χ3v) is 7.28. The molecule has 2 atom stereocenters. The molecule has 174 valence electrons. The Morgan fingerprint density at radius 1 is 1.21 bits per heavy atom. The van der Waals surface area contributed by atoms with Crippen molar-refractivity contribution < 1.29 is 4.79 Å². The van der Waals surface area contributed by atoms with E-state index in [4.69, 9.17) is 34.0 Å². The number of fused-ring (bicyclic) bond motifs is 1. The molecule has 0 saturated heterocycles. The van der Waals surface area contributed by atoms with Crippen LogP contribution in [0.15, 0.2) is 64.4 Å². The molecular formula is C24H22Cl2N6OS. The molecule has 2 unspecified atom stereocenters. The van der Waals surface area contributed by atoms with Crippen LogP contribution in [0.5, 0.6) is 0 Å². The number of nitrogens with one attached hydrogen (secondary N) is 1. The van der Waals surface area contributed by atoms with Gasteiger partial charge in [-0.25, -0.2) is 10.1 Å². The molecule has 7 nitrogen and oxygen atoms in total. The van der Waals surface area contributed by atoms with Crippen LogP contribution >= 0.6 is 35.0 Å². The Morgan fingerprint density at radius 2 is 2.03 bits per heavy atom. The Labute approximate surface area is 211 Å². The molecule has 0 bridgehead atoms. The van der Waals surface area contributed by atoms with E-state index in [1.807, 2.05) is 48.5 Å². The molecule has 2 aliphatic rings. The number of rotatable bonds is 5. The number of aromatic nitrogens is 3. The van der Waals surface area contributed by atoms with Crippen LogP contribution in [-0.4, -0.2) is 37.6 Å². The van der Waals surface area contributed by atoms with Gasteiger partial charge < -0.3 is 5.73 Å². The van der Waals surface area contributed by atoms with Crippen molar-refractivity contribution in [1.82, 2.24) is 20.2 Å². The van der Waals surface area contributed by atoms with Gasteiger partial charge in [-0.1, -0.05) is 59.2 Å². The Kier molecular flexibility index (Phi) is 6.63. The van der Waals surface area contributed by atoms with Gasteiger partial charge in [0.15, 0.2) is 0 Å². The van der Waals surface area contributed by atoms with Crippen LogP contribution in [0.3, 0.4) is 0 Å². The first-order valence-electron chi connectivity index (χ1n) is 10.9. The van der Waals surface area contributed by atoms with E-state index >= 15 is 0 Å². The SMILES string of the molecule is Nc1nc(SCC(=O)N2N=C3C(=Cc4cccc(Cl)c4)CCCC3C2c2ccc(Cl)cc2)n[nH]1. The van der Waals surface area contributed by atoms with Gasteiger partial charge in [0.1, 0.15) is 0 Å². The number of carbonyl (C=O) groups excluding carboxylic acids is 1. The van der Waals surface area contributed by atoms with Crippen LogP contribution < -0.4 is 5.73 Å². The lowest BCUT2D eigenvalue weighted by Gasteiger charge is -2.29. The van der Waals surface area contributed by atoms with Crippen LogP contribution in [0.2, 0.25) is 10.0 Å². The lowest BCUT2D eigenvalue weighted by atomic mass is 9.77. The van der Waals surface area contributed by atoms with Crippen LogP contribution in [0.4, 0.5) is 5.95 Å². The molecule has 1 aromatic heterocycles. The summed E-state index contributed by atoms with van der Waals surface area (Å²) in [4.78, 5) is 17.4. The molecule has 3 aromatic rings. The van der Waals surface area contributed by atoms with Gasteiger partial charge in [-0.15, -0.1) is 5.10 Å². The minimum atomic E-state index is -0.194. The van der Waals surface area contributed by atoms with E-state index < -0.39 is 0 Å². The van der Waals surface area contributed by atoms with Crippen molar-refractivity contribution in [2.45, 2.75) is 30.5 Å². The number of anilines is 1. The first-order valence-corrected chi connectivity index (χ1v) is 12.7. The molecule has 2 heterocycles. The van der Waals surface area contributed by atoms with Crippen LogP contribution in [-0.2, 0) is 4.79 Å². The van der Waals surface area contributed by atoms with Gasteiger partial charge in [-0.3, -0.25) is 4.79 Å². The fourth-order valence-corrected chi connectivity index (χ4v) is 5.50. The highest BCUT2D eigenvalue weighted by Crippen LogP contribution is 2.44. The predicted molar refractivity (Wildman–Crippen MR) is 137 cm³/mol. The second-order valence-corrected chi connectivity index (χ2v) is 10.1. The van der Waals surface area contributed by atoms with Crippen molar-refractivity contribution in [2.24, 2.45) is 11.0 Å². The normalized spacial score (nSPS) is 20.9. The van der Waals surface area contributed by atoms with Gasteiger partial charge in [-0.2, -0.15) is 10.1 Å². The number of nitrogen functional groups attached to an aromatic ring is 1. The average Bonchev–Trinajstić information content (AvgIpc) is 3.42. The van der Waals surface area contributed by atoms with Gasteiger partial charge >= 0.3 is 0 Å². The van der Waals surface area contributed by atoms with Crippen molar-refractivity contribution in [3.63, 3.8) is 0 Å². The molecule has 1 aliphatic carbocycles. The zero-order chi connectivity index (χ0) is 23.7. The smallest absolute Gasteiger partial charge is 0.253 e. The number of carbonyl (C=O) groups is 1. The van der Waals surface area contributed by atoms with E-state index in [0.29, 0.717) is 15.2 Å². The summed E-state index contributed by atoms with van der Waals surface area (Å²) < 4.78 is 0. The maximum Gasteiger partial charge on any atom is 0.253 e. The van der Waals surface area contributed by atoms with Gasteiger partial charge in [0.25, 0.3) is 5.91 Å². The molecule has 2 aromatic carbocycles. The zero-order valence-corrected chi connectivity index (χ0v) is 20.4. The van der Waals surface area contributed by atoms with Crippen molar-refractivity contribution in [1.29, 1.82) is 0 Å². The topological polar surface area (TPSA) is 100 Å². The number of nitrogens with zero attached hydrogens (tertiary/aromatic N) is 4. The van der Waals surface area contributed by atoms with Crippen LogP contribution in [0.1, 0.15) is 36.4 Å². The molecule has 0 radical (unpaired) electrons. The van der Waals surface area contributed by atoms with E-state index in [1.54, 1.807) is 5.01 Å². The van der Waals surface area contributed by atoms with E-state index in [9.17, 15) is 4.79 Å². The molecule has 1 aliphatic heterocycles. The summed E-state index contributed by atoms with van der Waals surface area (Å²) in [6.45, 7) is 0. The van der Waals surface area contributed by atoms with E-state index in [-0.39, 0.29) is 29.6 Å².